The maximum Gasteiger partial charge on any atom is 0.122 e. The second kappa shape index (κ2) is 5.98. The number of benzene rings is 2. The molecule has 0 saturated heterocycles. The predicted octanol–water partition coefficient (Wildman–Crippen LogP) is 4.08. The van der Waals surface area contributed by atoms with Crippen molar-refractivity contribution in [2.45, 2.75) is 19.4 Å². The van der Waals surface area contributed by atoms with Crippen LogP contribution in [0.5, 0.6) is 5.75 Å². The van der Waals surface area contributed by atoms with Crippen LogP contribution in [0.2, 0.25) is 0 Å². The molecule has 0 saturated carbocycles. The van der Waals surface area contributed by atoms with Gasteiger partial charge in [-0.2, -0.15) is 0 Å². The molecule has 20 heavy (non-hydrogen) atoms. The van der Waals surface area contributed by atoms with Gasteiger partial charge < -0.3 is 10.1 Å². The Morgan fingerprint density at radius 3 is 2.90 bits per heavy atom. The fourth-order valence-electron chi connectivity index (χ4n) is 2.71. The van der Waals surface area contributed by atoms with Crippen LogP contribution >= 0.6 is 15.9 Å². The monoisotopic (exact) mass is 331 g/mol. The standard InChI is InChI=1S/C17H18BrNO/c1-2-19-17(14-5-3-4-6-15(14)18)13-7-8-16-12(11-13)9-10-20-16/h3-8,11,17,19H,2,9-10H2,1H3. The van der Waals surface area contributed by atoms with Crippen molar-refractivity contribution in [3.8, 4) is 5.75 Å². The third kappa shape index (κ3) is 2.60. The second-order valence-electron chi connectivity index (χ2n) is 4.98. The van der Waals surface area contributed by atoms with E-state index in [4.69, 9.17) is 4.74 Å². The molecule has 1 heterocycles. The average molecular weight is 332 g/mol. The van der Waals surface area contributed by atoms with Gasteiger partial charge in [0, 0.05) is 10.9 Å². The summed E-state index contributed by atoms with van der Waals surface area (Å²) in [6.07, 6.45) is 1.01. The maximum atomic E-state index is 5.59. The molecule has 0 aliphatic carbocycles. The van der Waals surface area contributed by atoms with Gasteiger partial charge in [0.15, 0.2) is 0 Å². The summed E-state index contributed by atoms with van der Waals surface area (Å²) in [5.74, 6) is 1.04. The minimum absolute atomic E-state index is 0.210. The lowest BCUT2D eigenvalue weighted by atomic mass is 9.96. The summed E-state index contributed by atoms with van der Waals surface area (Å²) in [5.41, 5.74) is 3.88. The predicted molar refractivity (Wildman–Crippen MR) is 85.3 cm³/mol. The van der Waals surface area contributed by atoms with Crippen LogP contribution in [0.3, 0.4) is 0 Å². The molecule has 1 aliphatic rings. The van der Waals surface area contributed by atoms with Crippen molar-refractivity contribution in [3.05, 3.63) is 63.6 Å². The molecule has 1 unspecified atom stereocenters. The summed E-state index contributed by atoms with van der Waals surface area (Å²) in [7, 11) is 0. The Morgan fingerprint density at radius 2 is 2.10 bits per heavy atom. The molecule has 2 aromatic carbocycles. The zero-order chi connectivity index (χ0) is 13.9. The molecular formula is C17H18BrNO. The summed E-state index contributed by atoms with van der Waals surface area (Å²) >= 11 is 3.66. The highest BCUT2D eigenvalue weighted by Gasteiger charge is 2.19. The van der Waals surface area contributed by atoms with E-state index in [-0.39, 0.29) is 6.04 Å². The van der Waals surface area contributed by atoms with Crippen LogP contribution in [-0.2, 0) is 6.42 Å². The molecule has 1 atom stereocenters. The zero-order valence-electron chi connectivity index (χ0n) is 11.5. The van der Waals surface area contributed by atoms with Crippen molar-refractivity contribution < 1.29 is 4.74 Å². The van der Waals surface area contributed by atoms with Crippen molar-refractivity contribution in [2.75, 3.05) is 13.2 Å². The van der Waals surface area contributed by atoms with Crippen molar-refractivity contribution in [3.63, 3.8) is 0 Å². The Morgan fingerprint density at radius 1 is 1.25 bits per heavy atom. The summed E-state index contributed by atoms with van der Waals surface area (Å²) in [6, 6.07) is 15.1. The molecular weight excluding hydrogens is 314 g/mol. The molecule has 0 amide bonds. The van der Waals surface area contributed by atoms with Crippen LogP contribution < -0.4 is 10.1 Å². The van der Waals surface area contributed by atoms with Gasteiger partial charge in [0.2, 0.25) is 0 Å². The molecule has 1 aliphatic heterocycles. The minimum atomic E-state index is 0.210. The number of nitrogens with one attached hydrogen (secondary N) is 1. The van der Waals surface area contributed by atoms with Crippen molar-refractivity contribution in [2.24, 2.45) is 0 Å². The van der Waals surface area contributed by atoms with Crippen LogP contribution in [0.15, 0.2) is 46.9 Å². The first-order valence-corrected chi connectivity index (χ1v) is 7.82. The van der Waals surface area contributed by atoms with Crippen molar-refractivity contribution in [1.82, 2.24) is 5.32 Å². The fraction of sp³-hybridized carbons (Fsp3) is 0.294. The summed E-state index contributed by atoms with van der Waals surface area (Å²) in [5, 5.41) is 3.58. The highest BCUT2D eigenvalue weighted by Crippen LogP contribution is 2.33. The van der Waals surface area contributed by atoms with Gasteiger partial charge >= 0.3 is 0 Å². The van der Waals surface area contributed by atoms with Gasteiger partial charge in [-0.15, -0.1) is 0 Å². The van der Waals surface area contributed by atoms with Crippen LogP contribution in [0.25, 0.3) is 0 Å². The molecule has 1 N–H and O–H groups in total. The normalized spacial score (nSPS) is 14.7. The molecule has 3 heteroatoms. The van der Waals surface area contributed by atoms with Gasteiger partial charge in [-0.1, -0.05) is 53.2 Å². The number of hydrogen-bond acceptors (Lipinski definition) is 2. The van der Waals surface area contributed by atoms with Gasteiger partial charge in [0.25, 0.3) is 0 Å². The Balaban J connectivity index is 2.01. The van der Waals surface area contributed by atoms with Crippen LogP contribution in [-0.4, -0.2) is 13.2 Å². The molecule has 0 bridgehead atoms. The van der Waals surface area contributed by atoms with Gasteiger partial charge in [0.05, 0.1) is 12.6 Å². The van der Waals surface area contributed by atoms with E-state index in [1.807, 2.05) is 6.07 Å². The van der Waals surface area contributed by atoms with Gasteiger partial charge in [-0.05, 0) is 35.4 Å². The number of ether oxygens (including phenoxy) is 1. The first kappa shape index (κ1) is 13.7. The second-order valence-corrected chi connectivity index (χ2v) is 5.83. The smallest absolute Gasteiger partial charge is 0.122 e. The first-order chi connectivity index (χ1) is 9.79. The molecule has 0 aromatic heterocycles. The van der Waals surface area contributed by atoms with E-state index in [9.17, 15) is 0 Å². The average Bonchev–Trinajstić information content (AvgIpc) is 2.93. The van der Waals surface area contributed by atoms with Gasteiger partial charge in [0.1, 0.15) is 5.75 Å². The molecule has 0 fully saturated rings. The summed E-state index contributed by atoms with van der Waals surface area (Å²) in [6.45, 7) is 3.87. The SMILES string of the molecule is CCNC(c1ccc2c(c1)CCO2)c1ccccc1Br. The zero-order valence-corrected chi connectivity index (χ0v) is 13.1. The first-order valence-electron chi connectivity index (χ1n) is 7.03. The molecule has 2 nitrogen and oxygen atoms in total. The highest BCUT2D eigenvalue weighted by atomic mass is 79.9. The van der Waals surface area contributed by atoms with Crippen molar-refractivity contribution >= 4 is 15.9 Å². The largest absolute Gasteiger partial charge is 0.493 e. The van der Waals surface area contributed by atoms with Crippen molar-refractivity contribution in [1.29, 1.82) is 0 Å². The van der Waals surface area contributed by atoms with Crippen LogP contribution in [0, 0.1) is 0 Å². The molecule has 2 aromatic rings. The van der Waals surface area contributed by atoms with E-state index in [0.29, 0.717) is 0 Å². The molecule has 0 spiro atoms. The number of fused-ring (bicyclic) bond motifs is 1. The van der Waals surface area contributed by atoms with Crippen LogP contribution in [0.4, 0.5) is 0 Å². The molecule has 0 radical (unpaired) electrons. The fourth-order valence-corrected chi connectivity index (χ4v) is 3.22. The lowest BCUT2D eigenvalue weighted by molar-refractivity contribution is 0.357. The molecule has 3 rings (SSSR count). The van der Waals surface area contributed by atoms with E-state index in [0.717, 1.165) is 29.8 Å². The van der Waals surface area contributed by atoms with E-state index in [1.165, 1.54) is 16.7 Å². The molecule has 104 valence electrons. The number of rotatable bonds is 4. The minimum Gasteiger partial charge on any atom is -0.493 e. The lowest BCUT2D eigenvalue weighted by Crippen LogP contribution is -2.22. The Kier molecular flexibility index (Phi) is 4.08. The van der Waals surface area contributed by atoms with Gasteiger partial charge in [-0.3, -0.25) is 0 Å². The van der Waals surface area contributed by atoms with E-state index >= 15 is 0 Å². The highest BCUT2D eigenvalue weighted by molar-refractivity contribution is 9.10. The van der Waals surface area contributed by atoms with Crippen LogP contribution in [0.1, 0.15) is 29.7 Å². The Hall–Kier alpha value is -1.32. The van der Waals surface area contributed by atoms with E-state index in [2.05, 4.69) is 64.6 Å². The quantitative estimate of drug-likeness (QED) is 0.911. The van der Waals surface area contributed by atoms with E-state index < -0.39 is 0 Å². The van der Waals surface area contributed by atoms with E-state index in [1.54, 1.807) is 0 Å². The lowest BCUT2D eigenvalue weighted by Gasteiger charge is -2.21. The van der Waals surface area contributed by atoms with Gasteiger partial charge in [-0.25, -0.2) is 0 Å². The Labute approximate surface area is 128 Å². The topological polar surface area (TPSA) is 21.3 Å². The summed E-state index contributed by atoms with van der Waals surface area (Å²) in [4.78, 5) is 0. The third-order valence-corrected chi connectivity index (χ3v) is 4.39. The third-order valence-electron chi connectivity index (χ3n) is 3.67. The maximum absolute atomic E-state index is 5.59. The number of hydrogen-bond donors (Lipinski definition) is 1. The Bertz CT molecular complexity index is 612. The number of halogens is 1. The summed E-state index contributed by atoms with van der Waals surface area (Å²) < 4.78 is 6.73.